The van der Waals surface area contributed by atoms with E-state index < -0.39 is 5.60 Å². The molecule has 1 atom stereocenters. The highest BCUT2D eigenvalue weighted by Crippen LogP contribution is 2.27. The van der Waals surface area contributed by atoms with Crippen LogP contribution in [-0.2, 0) is 4.74 Å². The summed E-state index contributed by atoms with van der Waals surface area (Å²) in [5.74, 6) is -0.143. The molecule has 3 aromatic rings. The Bertz CT molecular complexity index is 1150. The number of aromatic nitrogens is 2. The molecule has 4 rings (SSSR count). The zero-order valence-electron chi connectivity index (χ0n) is 20.7. The molecule has 184 valence electrons. The molecular weight excluding hydrogens is 440 g/mol. The zero-order valence-corrected chi connectivity index (χ0v) is 20.7. The van der Waals surface area contributed by atoms with Gasteiger partial charge in [0.2, 0.25) is 0 Å². The van der Waals surface area contributed by atoms with Gasteiger partial charge in [-0.2, -0.15) is 5.10 Å². The summed E-state index contributed by atoms with van der Waals surface area (Å²) in [7, 11) is 0. The lowest BCUT2D eigenvalue weighted by Gasteiger charge is -2.36. The van der Waals surface area contributed by atoms with E-state index in [9.17, 15) is 9.59 Å². The highest BCUT2D eigenvalue weighted by atomic mass is 16.6. The molecule has 7 nitrogen and oxygen atoms in total. The van der Waals surface area contributed by atoms with Gasteiger partial charge in [-0.1, -0.05) is 48.5 Å². The second kappa shape index (κ2) is 10.8. The first-order chi connectivity index (χ1) is 16.8. The third kappa shape index (κ3) is 6.29. The molecule has 7 heteroatoms. The van der Waals surface area contributed by atoms with Crippen molar-refractivity contribution in [2.45, 2.75) is 58.1 Å². The molecule has 2 aromatic carbocycles. The molecular formula is C28H34N4O3. The molecule has 1 aliphatic rings. The molecule has 0 radical (unpaired) electrons. The minimum Gasteiger partial charge on any atom is -0.444 e. The molecule has 2 amide bonds. The lowest BCUT2D eigenvalue weighted by Crippen LogP contribution is -2.47. The monoisotopic (exact) mass is 474 g/mol. The maximum Gasteiger partial charge on any atom is 0.410 e. The molecule has 1 saturated heterocycles. The molecule has 1 unspecified atom stereocenters. The number of benzene rings is 2. The Morgan fingerprint density at radius 2 is 1.83 bits per heavy atom. The van der Waals surface area contributed by atoms with Gasteiger partial charge < -0.3 is 15.0 Å². The van der Waals surface area contributed by atoms with Crippen molar-refractivity contribution in [2.75, 3.05) is 13.1 Å². The number of piperidine rings is 1. The van der Waals surface area contributed by atoms with Crippen LogP contribution < -0.4 is 5.32 Å². The Kier molecular flexibility index (Phi) is 7.54. The van der Waals surface area contributed by atoms with Gasteiger partial charge in [0.1, 0.15) is 5.60 Å². The minimum absolute atomic E-state index is 0.0650. The van der Waals surface area contributed by atoms with E-state index >= 15 is 0 Å². The summed E-state index contributed by atoms with van der Waals surface area (Å²) >= 11 is 0. The number of amides is 2. The van der Waals surface area contributed by atoms with E-state index in [0.29, 0.717) is 25.1 Å². The number of H-pyrrole nitrogens is 1. The van der Waals surface area contributed by atoms with Crippen molar-refractivity contribution in [3.05, 3.63) is 66.2 Å². The predicted molar refractivity (Wildman–Crippen MR) is 137 cm³/mol. The van der Waals surface area contributed by atoms with Gasteiger partial charge in [0.25, 0.3) is 5.91 Å². The first-order valence-electron chi connectivity index (χ1n) is 12.3. The van der Waals surface area contributed by atoms with Gasteiger partial charge >= 0.3 is 6.09 Å². The Hall–Kier alpha value is -3.61. The molecule has 35 heavy (non-hydrogen) atoms. The topological polar surface area (TPSA) is 87.3 Å². The Balaban J connectivity index is 1.40. The van der Waals surface area contributed by atoms with E-state index in [1.807, 2.05) is 86.3 Å². The summed E-state index contributed by atoms with van der Waals surface area (Å²) in [6.07, 6.45) is 3.39. The van der Waals surface area contributed by atoms with Crippen LogP contribution in [0.4, 0.5) is 4.79 Å². The first-order valence-corrected chi connectivity index (χ1v) is 12.3. The quantitative estimate of drug-likeness (QED) is 0.483. The normalized spacial score (nSPS) is 16.1. The summed E-state index contributed by atoms with van der Waals surface area (Å²) in [6, 6.07) is 19.5. The average Bonchev–Trinajstić information content (AvgIpc) is 3.34. The van der Waals surface area contributed by atoms with E-state index in [1.165, 1.54) is 0 Å². The SMILES string of the molecule is CC(C)(C)OC(=O)N1CCCCC1CCNC(=O)c1ccccc1-c1cc(-c2ccccc2)n[nH]1. The number of carbonyl (C=O) groups excluding carboxylic acids is 2. The molecule has 1 fully saturated rings. The number of nitrogens with zero attached hydrogens (tertiary/aromatic N) is 2. The Morgan fingerprint density at radius 1 is 1.09 bits per heavy atom. The molecule has 1 aliphatic heterocycles. The van der Waals surface area contributed by atoms with Crippen LogP contribution in [0, 0.1) is 0 Å². The number of rotatable bonds is 6. The van der Waals surface area contributed by atoms with E-state index in [1.54, 1.807) is 0 Å². The van der Waals surface area contributed by atoms with Gasteiger partial charge in [0.05, 0.1) is 11.4 Å². The Labute approximate surface area is 206 Å². The fourth-order valence-corrected chi connectivity index (χ4v) is 4.44. The second-order valence-electron chi connectivity index (χ2n) is 9.95. The highest BCUT2D eigenvalue weighted by molar-refractivity contribution is 6.00. The lowest BCUT2D eigenvalue weighted by atomic mass is 9.99. The molecule has 1 aromatic heterocycles. The van der Waals surface area contributed by atoms with Crippen LogP contribution in [-0.4, -0.2) is 51.8 Å². The number of nitrogens with one attached hydrogen (secondary N) is 2. The third-order valence-corrected chi connectivity index (χ3v) is 6.13. The lowest BCUT2D eigenvalue weighted by molar-refractivity contribution is 0.00901. The standard InChI is InChI=1S/C28H34N4O3/c1-28(2,3)35-27(34)32-18-10-9-13-21(32)16-17-29-26(33)23-15-8-7-14-22(23)25-19-24(30-31-25)20-11-5-4-6-12-20/h4-8,11-12,14-15,19,21H,9-10,13,16-18H2,1-3H3,(H,29,33)(H,30,31). The number of carbonyl (C=O) groups is 2. The van der Waals surface area contributed by atoms with Crippen LogP contribution in [0.5, 0.6) is 0 Å². The van der Waals surface area contributed by atoms with Crippen molar-refractivity contribution < 1.29 is 14.3 Å². The Morgan fingerprint density at radius 3 is 2.60 bits per heavy atom. The molecule has 0 spiro atoms. The molecule has 0 aliphatic carbocycles. The predicted octanol–water partition coefficient (Wildman–Crippen LogP) is 5.65. The van der Waals surface area contributed by atoms with Crippen LogP contribution >= 0.6 is 0 Å². The maximum absolute atomic E-state index is 13.1. The molecule has 2 N–H and O–H groups in total. The summed E-state index contributed by atoms with van der Waals surface area (Å²) in [5, 5.41) is 10.6. The summed E-state index contributed by atoms with van der Waals surface area (Å²) < 4.78 is 5.59. The van der Waals surface area contributed by atoms with Crippen LogP contribution in [0.1, 0.15) is 56.8 Å². The average molecular weight is 475 g/mol. The maximum atomic E-state index is 13.1. The highest BCUT2D eigenvalue weighted by Gasteiger charge is 2.30. The zero-order chi connectivity index (χ0) is 24.8. The minimum atomic E-state index is -0.524. The van der Waals surface area contributed by atoms with E-state index in [2.05, 4.69) is 15.5 Å². The third-order valence-electron chi connectivity index (χ3n) is 6.13. The number of hydrogen-bond donors (Lipinski definition) is 2. The summed E-state index contributed by atoms with van der Waals surface area (Å²) in [6.45, 7) is 6.81. The first kappa shape index (κ1) is 24.5. The van der Waals surface area contributed by atoms with Gasteiger partial charge in [-0.15, -0.1) is 0 Å². The molecule has 0 bridgehead atoms. The van der Waals surface area contributed by atoms with Crippen molar-refractivity contribution in [1.29, 1.82) is 0 Å². The van der Waals surface area contributed by atoms with Crippen molar-refractivity contribution in [2.24, 2.45) is 0 Å². The number of hydrogen-bond acceptors (Lipinski definition) is 4. The van der Waals surface area contributed by atoms with Gasteiger partial charge in [0.15, 0.2) is 0 Å². The number of likely N-dealkylation sites (tertiary alicyclic amines) is 1. The summed E-state index contributed by atoms with van der Waals surface area (Å²) in [4.78, 5) is 27.6. The largest absolute Gasteiger partial charge is 0.444 e. The van der Waals surface area contributed by atoms with Gasteiger partial charge in [-0.25, -0.2) is 4.79 Å². The van der Waals surface area contributed by atoms with Crippen LogP contribution in [0.3, 0.4) is 0 Å². The van der Waals surface area contributed by atoms with Crippen LogP contribution in [0.15, 0.2) is 60.7 Å². The second-order valence-corrected chi connectivity index (χ2v) is 9.95. The van der Waals surface area contributed by atoms with E-state index in [4.69, 9.17) is 4.74 Å². The molecule has 0 saturated carbocycles. The van der Waals surface area contributed by atoms with E-state index in [-0.39, 0.29) is 18.0 Å². The van der Waals surface area contributed by atoms with Crippen LogP contribution in [0.2, 0.25) is 0 Å². The fraction of sp³-hybridized carbons (Fsp3) is 0.393. The van der Waals surface area contributed by atoms with Crippen LogP contribution in [0.25, 0.3) is 22.5 Å². The van der Waals surface area contributed by atoms with Crippen molar-refractivity contribution in [3.63, 3.8) is 0 Å². The van der Waals surface area contributed by atoms with Gasteiger partial charge in [-0.3, -0.25) is 9.89 Å². The number of ether oxygens (including phenoxy) is 1. The summed E-state index contributed by atoms with van der Waals surface area (Å²) in [5.41, 5.74) is 3.49. The fourth-order valence-electron chi connectivity index (χ4n) is 4.44. The molecule has 2 heterocycles. The smallest absolute Gasteiger partial charge is 0.410 e. The number of aromatic amines is 1. The van der Waals surface area contributed by atoms with Crippen molar-refractivity contribution >= 4 is 12.0 Å². The van der Waals surface area contributed by atoms with E-state index in [0.717, 1.165) is 41.8 Å². The van der Waals surface area contributed by atoms with Gasteiger partial charge in [0, 0.05) is 35.8 Å². The van der Waals surface area contributed by atoms with Crippen molar-refractivity contribution in [3.8, 4) is 22.5 Å². The van der Waals surface area contributed by atoms with Crippen molar-refractivity contribution in [1.82, 2.24) is 20.4 Å². The van der Waals surface area contributed by atoms with Gasteiger partial charge in [-0.05, 0) is 58.6 Å².